The van der Waals surface area contributed by atoms with Crippen LogP contribution in [0.25, 0.3) is 0 Å². The van der Waals surface area contributed by atoms with Gasteiger partial charge in [-0.25, -0.2) is 0 Å². The van der Waals surface area contributed by atoms with Crippen molar-refractivity contribution < 1.29 is 9.90 Å². The summed E-state index contributed by atoms with van der Waals surface area (Å²) >= 11 is 6.04. The Morgan fingerprint density at radius 2 is 2.29 bits per heavy atom. The summed E-state index contributed by atoms with van der Waals surface area (Å²) in [5.74, 6) is -0.794. The second-order valence-electron chi connectivity index (χ2n) is 4.54. The van der Waals surface area contributed by atoms with Crippen LogP contribution in [0.2, 0.25) is 5.02 Å². The van der Waals surface area contributed by atoms with E-state index in [1.54, 1.807) is 0 Å². The van der Waals surface area contributed by atoms with Crippen molar-refractivity contribution >= 4 is 23.3 Å². The van der Waals surface area contributed by atoms with Crippen molar-refractivity contribution in [1.82, 2.24) is 5.32 Å². The highest BCUT2D eigenvalue weighted by molar-refractivity contribution is 6.31. The number of aliphatic carboxylic acids is 1. The molecule has 1 aromatic rings. The molecule has 0 spiro atoms. The SMILES string of the molecule is Cc1ccc(NC2(CC(=O)O)CNC2)cc1Cl. The maximum Gasteiger partial charge on any atom is 0.305 e. The van der Waals surface area contributed by atoms with Gasteiger partial charge in [-0.2, -0.15) is 0 Å². The Bertz CT molecular complexity index is 444. The molecule has 0 saturated carbocycles. The number of carbonyl (C=O) groups is 1. The zero-order valence-electron chi connectivity index (χ0n) is 9.59. The highest BCUT2D eigenvalue weighted by Crippen LogP contribution is 2.26. The molecule has 5 heteroatoms. The quantitative estimate of drug-likeness (QED) is 0.768. The number of aryl methyl sites for hydroxylation is 1. The Balaban J connectivity index is 2.13. The minimum atomic E-state index is -0.794. The lowest BCUT2D eigenvalue weighted by Gasteiger charge is -2.43. The van der Waals surface area contributed by atoms with E-state index in [4.69, 9.17) is 16.7 Å². The smallest absolute Gasteiger partial charge is 0.305 e. The van der Waals surface area contributed by atoms with Crippen molar-refractivity contribution in [2.24, 2.45) is 0 Å². The number of carboxylic acids is 1. The molecule has 1 aliphatic heterocycles. The first-order valence-electron chi connectivity index (χ1n) is 5.48. The molecule has 1 fully saturated rings. The zero-order valence-corrected chi connectivity index (χ0v) is 10.3. The van der Waals surface area contributed by atoms with E-state index in [1.807, 2.05) is 25.1 Å². The molecule has 17 heavy (non-hydrogen) atoms. The van der Waals surface area contributed by atoms with Gasteiger partial charge in [-0.1, -0.05) is 17.7 Å². The third kappa shape index (κ3) is 2.70. The van der Waals surface area contributed by atoms with Gasteiger partial charge in [-0.05, 0) is 24.6 Å². The van der Waals surface area contributed by atoms with E-state index in [2.05, 4.69) is 10.6 Å². The summed E-state index contributed by atoms with van der Waals surface area (Å²) in [6.07, 6.45) is 0.103. The van der Waals surface area contributed by atoms with Crippen LogP contribution in [0.3, 0.4) is 0 Å². The van der Waals surface area contributed by atoms with Gasteiger partial charge in [-0.15, -0.1) is 0 Å². The predicted molar refractivity (Wildman–Crippen MR) is 67.7 cm³/mol. The molecule has 3 N–H and O–H groups in total. The van der Waals surface area contributed by atoms with Gasteiger partial charge >= 0.3 is 5.97 Å². The molecular formula is C12H15ClN2O2. The lowest BCUT2D eigenvalue weighted by Crippen LogP contribution is -2.65. The van der Waals surface area contributed by atoms with E-state index >= 15 is 0 Å². The van der Waals surface area contributed by atoms with Crippen molar-refractivity contribution in [2.75, 3.05) is 18.4 Å². The standard InChI is InChI=1S/C12H15ClN2O2/c1-8-2-3-9(4-10(8)13)15-12(5-11(16)17)6-14-7-12/h2-4,14-15H,5-7H2,1H3,(H,16,17). The van der Waals surface area contributed by atoms with E-state index in [9.17, 15) is 4.79 Å². The number of hydrogen-bond acceptors (Lipinski definition) is 3. The first kappa shape index (κ1) is 12.2. The number of halogens is 1. The molecule has 1 saturated heterocycles. The number of hydrogen-bond donors (Lipinski definition) is 3. The van der Waals surface area contributed by atoms with Crippen LogP contribution in [0.1, 0.15) is 12.0 Å². The first-order chi connectivity index (χ1) is 8.01. The van der Waals surface area contributed by atoms with Crippen LogP contribution in [-0.2, 0) is 4.79 Å². The summed E-state index contributed by atoms with van der Waals surface area (Å²) < 4.78 is 0. The van der Waals surface area contributed by atoms with Crippen molar-refractivity contribution in [2.45, 2.75) is 18.9 Å². The lowest BCUT2D eigenvalue weighted by atomic mass is 9.88. The summed E-state index contributed by atoms with van der Waals surface area (Å²) in [5.41, 5.74) is 1.49. The Morgan fingerprint density at radius 1 is 1.59 bits per heavy atom. The molecular weight excluding hydrogens is 240 g/mol. The molecule has 0 bridgehead atoms. The third-order valence-electron chi connectivity index (χ3n) is 3.00. The number of nitrogens with one attached hydrogen (secondary N) is 2. The monoisotopic (exact) mass is 254 g/mol. The van der Waals surface area contributed by atoms with Gasteiger partial charge in [0, 0.05) is 23.8 Å². The molecule has 0 amide bonds. The average Bonchev–Trinajstić information content (AvgIpc) is 2.19. The van der Waals surface area contributed by atoms with Crippen LogP contribution in [0.15, 0.2) is 18.2 Å². The number of rotatable bonds is 4. The van der Waals surface area contributed by atoms with E-state index in [0.29, 0.717) is 18.1 Å². The summed E-state index contributed by atoms with van der Waals surface area (Å²) in [7, 11) is 0. The second kappa shape index (κ2) is 4.55. The van der Waals surface area contributed by atoms with Gasteiger partial charge in [0.25, 0.3) is 0 Å². The van der Waals surface area contributed by atoms with Crippen molar-refractivity contribution in [1.29, 1.82) is 0 Å². The fourth-order valence-corrected chi connectivity index (χ4v) is 2.13. The molecule has 0 radical (unpaired) electrons. The van der Waals surface area contributed by atoms with Crippen LogP contribution in [-0.4, -0.2) is 29.7 Å². The fourth-order valence-electron chi connectivity index (χ4n) is 1.95. The third-order valence-corrected chi connectivity index (χ3v) is 3.40. The number of benzene rings is 1. The van der Waals surface area contributed by atoms with Gasteiger partial charge in [0.2, 0.25) is 0 Å². The maximum atomic E-state index is 10.8. The topological polar surface area (TPSA) is 61.4 Å². The second-order valence-corrected chi connectivity index (χ2v) is 4.95. The Morgan fingerprint density at radius 3 is 2.76 bits per heavy atom. The largest absolute Gasteiger partial charge is 0.481 e. The number of anilines is 1. The van der Waals surface area contributed by atoms with Crippen molar-refractivity contribution in [3.63, 3.8) is 0 Å². The van der Waals surface area contributed by atoms with Gasteiger partial charge in [0.1, 0.15) is 0 Å². The molecule has 1 aromatic carbocycles. The Hall–Kier alpha value is -1.26. The summed E-state index contributed by atoms with van der Waals surface area (Å²) in [5, 5.41) is 15.9. The van der Waals surface area contributed by atoms with Crippen LogP contribution in [0.4, 0.5) is 5.69 Å². The predicted octanol–water partition coefficient (Wildman–Crippen LogP) is 1.88. The van der Waals surface area contributed by atoms with Gasteiger partial charge < -0.3 is 15.7 Å². The summed E-state index contributed by atoms with van der Waals surface area (Å²) in [4.78, 5) is 10.8. The highest BCUT2D eigenvalue weighted by Gasteiger charge is 2.38. The maximum absolute atomic E-state index is 10.8. The highest BCUT2D eigenvalue weighted by atomic mass is 35.5. The molecule has 0 atom stereocenters. The van der Waals surface area contributed by atoms with Crippen LogP contribution >= 0.6 is 11.6 Å². The summed E-state index contributed by atoms with van der Waals surface area (Å²) in [6.45, 7) is 3.25. The lowest BCUT2D eigenvalue weighted by molar-refractivity contribution is -0.138. The molecule has 1 heterocycles. The Kier molecular flexibility index (Phi) is 3.26. The number of carboxylic acid groups (broad SMARTS) is 1. The average molecular weight is 255 g/mol. The molecule has 92 valence electrons. The minimum absolute atomic E-state index is 0.103. The molecule has 0 unspecified atom stereocenters. The molecule has 0 aromatic heterocycles. The Labute approximate surface area is 105 Å². The summed E-state index contributed by atoms with van der Waals surface area (Å²) in [6, 6.07) is 5.67. The first-order valence-corrected chi connectivity index (χ1v) is 5.85. The van der Waals surface area contributed by atoms with Gasteiger partial charge in [0.15, 0.2) is 0 Å². The van der Waals surface area contributed by atoms with Gasteiger partial charge in [0.05, 0.1) is 12.0 Å². The molecule has 2 rings (SSSR count). The van der Waals surface area contributed by atoms with E-state index in [1.165, 1.54) is 0 Å². The van der Waals surface area contributed by atoms with Crippen molar-refractivity contribution in [3.05, 3.63) is 28.8 Å². The van der Waals surface area contributed by atoms with E-state index in [0.717, 1.165) is 11.3 Å². The molecule has 4 nitrogen and oxygen atoms in total. The van der Waals surface area contributed by atoms with Crippen LogP contribution in [0, 0.1) is 6.92 Å². The minimum Gasteiger partial charge on any atom is -0.481 e. The normalized spacial score (nSPS) is 17.3. The van der Waals surface area contributed by atoms with Gasteiger partial charge in [-0.3, -0.25) is 4.79 Å². The molecule has 1 aliphatic rings. The zero-order chi connectivity index (χ0) is 12.5. The van der Waals surface area contributed by atoms with Crippen molar-refractivity contribution in [3.8, 4) is 0 Å². The van der Waals surface area contributed by atoms with Crippen LogP contribution < -0.4 is 10.6 Å². The van der Waals surface area contributed by atoms with E-state index < -0.39 is 5.97 Å². The fraction of sp³-hybridized carbons (Fsp3) is 0.417. The van der Waals surface area contributed by atoms with E-state index in [-0.39, 0.29) is 12.0 Å². The molecule has 0 aliphatic carbocycles. The van der Waals surface area contributed by atoms with Crippen LogP contribution in [0.5, 0.6) is 0 Å².